The molecule has 0 aliphatic carbocycles. The molecule has 0 radical (unpaired) electrons. The maximum atomic E-state index is 10.8. The van der Waals surface area contributed by atoms with Crippen molar-refractivity contribution in [2.24, 2.45) is 0 Å². The normalized spacial score (nSPS) is 10.3. The van der Waals surface area contributed by atoms with E-state index >= 15 is 0 Å². The van der Waals surface area contributed by atoms with E-state index in [-0.39, 0.29) is 5.69 Å². The highest BCUT2D eigenvalue weighted by atomic mass is 79.9. The van der Waals surface area contributed by atoms with Crippen LogP contribution in [-0.2, 0) is 0 Å². The molecule has 0 aliphatic heterocycles. The van der Waals surface area contributed by atoms with E-state index in [0.29, 0.717) is 21.7 Å². The van der Waals surface area contributed by atoms with Crippen molar-refractivity contribution in [1.82, 2.24) is 4.98 Å². The van der Waals surface area contributed by atoms with Crippen molar-refractivity contribution in [2.75, 3.05) is 0 Å². The van der Waals surface area contributed by atoms with Crippen molar-refractivity contribution in [3.63, 3.8) is 0 Å². The van der Waals surface area contributed by atoms with Gasteiger partial charge in [0.25, 0.3) is 5.69 Å². The van der Waals surface area contributed by atoms with Gasteiger partial charge in [-0.15, -0.1) is 0 Å². The van der Waals surface area contributed by atoms with Gasteiger partial charge in [-0.25, -0.2) is 4.98 Å². The van der Waals surface area contributed by atoms with Crippen LogP contribution in [0.3, 0.4) is 0 Å². The smallest absolute Gasteiger partial charge is 0.291 e. The van der Waals surface area contributed by atoms with Crippen LogP contribution in [0.15, 0.2) is 39.4 Å². The molecule has 2 aromatic rings. The number of hydrogen-bond acceptors (Lipinski definition) is 4. The molecule has 0 bridgehead atoms. The SMILES string of the molecule is Cc1c([N+](=O)[O-])cnc(Oc2ccc(Br)cc2)c1Br. The lowest BCUT2D eigenvalue weighted by Crippen LogP contribution is -1.97. The Labute approximate surface area is 126 Å². The molecule has 19 heavy (non-hydrogen) atoms. The molecule has 0 unspecified atom stereocenters. The summed E-state index contributed by atoms with van der Waals surface area (Å²) in [5.74, 6) is 0.898. The van der Waals surface area contributed by atoms with E-state index in [1.807, 2.05) is 12.1 Å². The lowest BCUT2D eigenvalue weighted by molar-refractivity contribution is -0.385. The minimum Gasteiger partial charge on any atom is -0.438 e. The van der Waals surface area contributed by atoms with Crippen LogP contribution in [0, 0.1) is 17.0 Å². The zero-order valence-corrected chi connectivity index (χ0v) is 12.9. The first-order valence-corrected chi connectivity index (χ1v) is 6.80. The van der Waals surface area contributed by atoms with Gasteiger partial charge in [-0.1, -0.05) is 15.9 Å². The van der Waals surface area contributed by atoms with Crippen molar-refractivity contribution in [3.8, 4) is 11.6 Å². The Balaban J connectivity index is 2.34. The maximum absolute atomic E-state index is 10.8. The second-order valence-electron chi connectivity index (χ2n) is 3.70. The van der Waals surface area contributed by atoms with Crippen LogP contribution in [0.2, 0.25) is 0 Å². The quantitative estimate of drug-likeness (QED) is 0.569. The number of benzene rings is 1. The highest BCUT2D eigenvalue weighted by molar-refractivity contribution is 9.10. The molecule has 0 aliphatic rings. The van der Waals surface area contributed by atoms with Crippen LogP contribution in [0.1, 0.15) is 5.56 Å². The van der Waals surface area contributed by atoms with Crippen LogP contribution < -0.4 is 4.74 Å². The lowest BCUT2D eigenvalue weighted by atomic mass is 10.2. The Kier molecular flexibility index (Phi) is 4.16. The first-order chi connectivity index (χ1) is 8.99. The number of halogens is 2. The van der Waals surface area contributed by atoms with Crippen LogP contribution in [-0.4, -0.2) is 9.91 Å². The second-order valence-corrected chi connectivity index (χ2v) is 5.41. The van der Waals surface area contributed by atoms with E-state index in [1.165, 1.54) is 6.20 Å². The summed E-state index contributed by atoms with van der Waals surface area (Å²) in [5, 5.41) is 10.8. The lowest BCUT2D eigenvalue weighted by Gasteiger charge is -2.08. The number of pyridine rings is 1. The molecule has 0 spiro atoms. The van der Waals surface area contributed by atoms with Gasteiger partial charge in [0.1, 0.15) is 11.9 Å². The Morgan fingerprint density at radius 3 is 2.47 bits per heavy atom. The number of rotatable bonds is 3. The van der Waals surface area contributed by atoms with E-state index in [4.69, 9.17) is 4.74 Å². The first kappa shape index (κ1) is 14.0. The molecule has 5 nitrogen and oxygen atoms in total. The van der Waals surface area contributed by atoms with Gasteiger partial charge >= 0.3 is 0 Å². The third-order valence-corrected chi connectivity index (χ3v) is 3.89. The van der Waals surface area contributed by atoms with Crippen molar-refractivity contribution in [3.05, 3.63) is 55.1 Å². The van der Waals surface area contributed by atoms with Crippen LogP contribution in [0.25, 0.3) is 0 Å². The third kappa shape index (κ3) is 3.10. The molecule has 1 aromatic heterocycles. The standard InChI is InChI=1S/C12H8Br2N2O3/c1-7-10(16(17)18)6-15-12(11(7)14)19-9-4-2-8(13)3-5-9/h2-6H,1H3. The van der Waals surface area contributed by atoms with Gasteiger partial charge in [-0.2, -0.15) is 0 Å². The molecular weight excluding hydrogens is 380 g/mol. The second kappa shape index (κ2) is 5.66. The summed E-state index contributed by atoms with van der Waals surface area (Å²) in [4.78, 5) is 14.3. The summed E-state index contributed by atoms with van der Waals surface area (Å²) >= 11 is 6.60. The van der Waals surface area contributed by atoms with Crippen molar-refractivity contribution < 1.29 is 9.66 Å². The molecule has 0 fully saturated rings. The molecule has 1 aromatic carbocycles. The Bertz CT molecular complexity index is 630. The van der Waals surface area contributed by atoms with Crippen molar-refractivity contribution in [1.29, 1.82) is 0 Å². The fraction of sp³-hybridized carbons (Fsp3) is 0.0833. The highest BCUT2D eigenvalue weighted by Gasteiger charge is 2.18. The van der Waals surface area contributed by atoms with Crippen LogP contribution in [0.5, 0.6) is 11.6 Å². The first-order valence-electron chi connectivity index (χ1n) is 5.22. The largest absolute Gasteiger partial charge is 0.438 e. The average Bonchev–Trinajstić information content (AvgIpc) is 2.37. The topological polar surface area (TPSA) is 65.3 Å². The molecule has 1 heterocycles. The summed E-state index contributed by atoms with van der Waals surface area (Å²) < 4.78 is 6.99. The van der Waals surface area contributed by atoms with E-state index in [9.17, 15) is 10.1 Å². The summed E-state index contributed by atoms with van der Waals surface area (Å²) in [6.45, 7) is 1.64. The Morgan fingerprint density at radius 1 is 1.26 bits per heavy atom. The third-order valence-electron chi connectivity index (χ3n) is 2.43. The van der Waals surface area contributed by atoms with Crippen LogP contribution in [0.4, 0.5) is 5.69 Å². The summed E-state index contributed by atoms with van der Waals surface area (Å²) in [6.07, 6.45) is 1.19. The minimum absolute atomic E-state index is 0.0463. The van der Waals surface area contributed by atoms with Gasteiger partial charge in [0.2, 0.25) is 5.88 Å². The number of hydrogen-bond donors (Lipinski definition) is 0. The van der Waals surface area contributed by atoms with Gasteiger partial charge in [0, 0.05) is 10.0 Å². The van der Waals surface area contributed by atoms with Crippen molar-refractivity contribution in [2.45, 2.75) is 6.92 Å². The monoisotopic (exact) mass is 386 g/mol. The van der Waals surface area contributed by atoms with Crippen LogP contribution >= 0.6 is 31.9 Å². The van der Waals surface area contributed by atoms with Gasteiger partial charge in [-0.3, -0.25) is 10.1 Å². The number of ether oxygens (including phenoxy) is 1. The highest BCUT2D eigenvalue weighted by Crippen LogP contribution is 2.34. The average molecular weight is 388 g/mol. The molecule has 7 heteroatoms. The molecule has 0 saturated heterocycles. The predicted molar refractivity (Wildman–Crippen MR) is 77.5 cm³/mol. The predicted octanol–water partition coefficient (Wildman–Crippen LogP) is 4.62. The van der Waals surface area contributed by atoms with Gasteiger partial charge in [0.15, 0.2) is 0 Å². The summed E-state index contributed by atoms with van der Waals surface area (Å²) in [5.41, 5.74) is 0.433. The van der Waals surface area contributed by atoms with Gasteiger partial charge in [-0.05, 0) is 47.1 Å². The van der Waals surface area contributed by atoms with E-state index in [2.05, 4.69) is 36.8 Å². The fourth-order valence-corrected chi connectivity index (χ4v) is 2.07. The zero-order valence-electron chi connectivity index (χ0n) is 9.76. The molecule has 0 saturated carbocycles. The maximum Gasteiger partial charge on any atom is 0.291 e. The Hall–Kier alpha value is -1.47. The van der Waals surface area contributed by atoms with Gasteiger partial charge in [0.05, 0.1) is 9.40 Å². The Morgan fingerprint density at radius 2 is 1.89 bits per heavy atom. The number of nitro groups is 1. The van der Waals surface area contributed by atoms with E-state index in [1.54, 1.807) is 19.1 Å². The fourth-order valence-electron chi connectivity index (χ4n) is 1.42. The molecular formula is C12H8Br2N2O3. The zero-order chi connectivity index (χ0) is 14.0. The minimum atomic E-state index is -0.476. The summed E-state index contributed by atoms with van der Waals surface area (Å²) in [6, 6.07) is 7.22. The number of aromatic nitrogens is 1. The molecule has 0 atom stereocenters. The van der Waals surface area contributed by atoms with E-state index in [0.717, 1.165) is 4.47 Å². The molecule has 0 amide bonds. The molecule has 0 N–H and O–H groups in total. The summed E-state index contributed by atoms with van der Waals surface area (Å²) in [7, 11) is 0. The number of nitrogens with zero attached hydrogens (tertiary/aromatic N) is 2. The van der Waals surface area contributed by atoms with Crippen molar-refractivity contribution >= 4 is 37.5 Å². The van der Waals surface area contributed by atoms with Gasteiger partial charge < -0.3 is 4.74 Å². The van der Waals surface area contributed by atoms with E-state index < -0.39 is 4.92 Å². The molecule has 98 valence electrons. The molecule has 2 rings (SSSR count).